The van der Waals surface area contributed by atoms with Gasteiger partial charge in [0.15, 0.2) is 8.32 Å². The van der Waals surface area contributed by atoms with Crippen LogP contribution in [-0.4, -0.2) is 13.1 Å². The van der Waals surface area contributed by atoms with E-state index in [4.69, 9.17) is 0 Å². The molecular formula is C27H58OSi. The molecule has 176 valence electrons. The summed E-state index contributed by atoms with van der Waals surface area (Å²) in [5.41, 5.74) is 0. The van der Waals surface area contributed by atoms with Crippen molar-refractivity contribution in [2.24, 2.45) is 5.92 Å². The molecule has 0 aliphatic rings. The van der Waals surface area contributed by atoms with E-state index in [1.807, 2.05) is 0 Å². The zero-order valence-electron chi connectivity index (χ0n) is 21.5. The summed E-state index contributed by atoms with van der Waals surface area (Å²) in [4.78, 5) is 10.4. The molecule has 0 spiro atoms. The summed E-state index contributed by atoms with van der Waals surface area (Å²) in [6, 6.07) is 0. The van der Waals surface area contributed by atoms with Gasteiger partial charge in [-0.05, 0) is 30.5 Å². The van der Waals surface area contributed by atoms with Crippen molar-refractivity contribution in [1.82, 2.24) is 0 Å². The normalized spacial score (nSPS) is 13.8. The first-order chi connectivity index (χ1) is 13.7. The minimum absolute atomic E-state index is 0.149. The smallest absolute Gasteiger partial charge is 0.188 e. The van der Waals surface area contributed by atoms with E-state index in [2.05, 4.69) is 40.8 Å². The van der Waals surface area contributed by atoms with Crippen LogP contribution in [0.25, 0.3) is 0 Å². The van der Waals surface area contributed by atoms with Crippen LogP contribution in [0.2, 0.25) is 18.1 Å². The van der Waals surface area contributed by atoms with E-state index >= 15 is 0 Å². The monoisotopic (exact) mass is 426 g/mol. The van der Waals surface area contributed by atoms with Gasteiger partial charge in [-0.2, -0.15) is 0 Å². The maximum absolute atomic E-state index is 10.4. The molecule has 0 fully saturated rings. The van der Waals surface area contributed by atoms with Gasteiger partial charge >= 0.3 is 0 Å². The third-order valence-corrected chi connectivity index (χ3v) is 11.0. The van der Waals surface area contributed by atoms with Crippen LogP contribution in [0.4, 0.5) is 0 Å². The first-order valence-corrected chi connectivity index (χ1v) is 16.4. The Morgan fingerprint density at radius 1 is 0.621 bits per heavy atom. The molecule has 0 aromatic heterocycles. The van der Waals surface area contributed by atoms with E-state index < -0.39 is 8.32 Å². The lowest BCUT2D eigenvalue weighted by molar-refractivity contribution is 0.384. The lowest BCUT2D eigenvalue weighted by Gasteiger charge is -2.35. The third kappa shape index (κ3) is 17.5. The van der Waals surface area contributed by atoms with Gasteiger partial charge in [-0.25, -0.2) is 0 Å². The summed E-state index contributed by atoms with van der Waals surface area (Å²) >= 11 is 0. The summed E-state index contributed by atoms with van der Waals surface area (Å²) in [6.45, 7) is 13.4. The van der Waals surface area contributed by atoms with E-state index in [9.17, 15) is 4.80 Å². The second-order valence-corrected chi connectivity index (χ2v) is 15.7. The molecule has 0 heterocycles. The second-order valence-electron chi connectivity index (χ2n) is 11.2. The van der Waals surface area contributed by atoms with Gasteiger partial charge in [0, 0.05) is 0 Å². The van der Waals surface area contributed by atoms with Crippen LogP contribution in [0.5, 0.6) is 0 Å². The maximum Gasteiger partial charge on any atom is 0.188 e. The largest absolute Gasteiger partial charge is 0.432 e. The van der Waals surface area contributed by atoms with Gasteiger partial charge in [-0.1, -0.05) is 143 Å². The average molecular weight is 427 g/mol. The zero-order valence-corrected chi connectivity index (χ0v) is 22.5. The minimum Gasteiger partial charge on any atom is -0.432 e. The number of hydrogen-bond acceptors (Lipinski definition) is 1. The molecule has 2 heteroatoms. The predicted molar refractivity (Wildman–Crippen MR) is 136 cm³/mol. The van der Waals surface area contributed by atoms with Gasteiger partial charge in [0.2, 0.25) is 0 Å². The maximum atomic E-state index is 10.4. The first-order valence-electron chi connectivity index (χ1n) is 13.4. The Morgan fingerprint density at radius 3 is 1.31 bits per heavy atom. The molecule has 1 atom stereocenters. The van der Waals surface area contributed by atoms with Crippen LogP contribution in [0, 0.1) is 5.92 Å². The zero-order chi connectivity index (χ0) is 22.0. The Hall–Kier alpha value is 0.177. The lowest BCUT2D eigenvalue weighted by Crippen LogP contribution is -2.39. The van der Waals surface area contributed by atoms with Crippen molar-refractivity contribution in [2.75, 3.05) is 0 Å². The van der Waals surface area contributed by atoms with Crippen LogP contribution >= 0.6 is 0 Å². The van der Waals surface area contributed by atoms with Crippen molar-refractivity contribution in [2.45, 2.75) is 168 Å². The van der Waals surface area contributed by atoms with Crippen LogP contribution < -0.4 is 0 Å². The highest BCUT2D eigenvalue weighted by molar-refractivity contribution is 6.72. The molecule has 0 rings (SSSR count). The van der Waals surface area contributed by atoms with Crippen molar-refractivity contribution in [3.63, 3.8) is 0 Å². The van der Waals surface area contributed by atoms with Gasteiger partial charge in [0.1, 0.15) is 0 Å². The molecule has 0 radical (unpaired) electrons. The minimum atomic E-state index is -2.03. The van der Waals surface area contributed by atoms with Crippen molar-refractivity contribution in [3.8, 4) is 0 Å². The quantitative estimate of drug-likeness (QED) is 0.143. The van der Waals surface area contributed by atoms with E-state index in [1.165, 1.54) is 122 Å². The molecule has 1 nitrogen and oxygen atoms in total. The molecule has 0 saturated carbocycles. The highest BCUT2D eigenvalue weighted by Crippen LogP contribution is 2.41. The fourth-order valence-corrected chi connectivity index (χ4v) is 4.85. The Kier molecular flexibility index (Phi) is 17.9. The summed E-state index contributed by atoms with van der Waals surface area (Å²) < 4.78 is 0. The number of unbranched alkanes of at least 4 members (excludes halogenated alkanes) is 15. The molecule has 0 aromatic carbocycles. The van der Waals surface area contributed by atoms with Gasteiger partial charge < -0.3 is 4.80 Å². The Labute approximate surface area is 187 Å². The van der Waals surface area contributed by atoms with Crippen LogP contribution in [-0.2, 0) is 0 Å². The Balaban J connectivity index is 3.33. The molecule has 0 saturated heterocycles. The van der Waals surface area contributed by atoms with Gasteiger partial charge in [0.05, 0.1) is 0 Å². The molecule has 0 aliphatic carbocycles. The molecular weight excluding hydrogens is 368 g/mol. The average Bonchev–Trinajstić information content (AvgIpc) is 2.65. The Morgan fingerprint density at radius 2 is 0.966 bits per heavy atom. The van der Waals surface area contributed by atoms with Crippen molar-refractivity contribution in [1.29, 1.82) is 0 Å². The fraction of sp³-hybridized carbons (Fsp3) is 1.00. The molecule has 1 N–H and O–H groups in total. The van der Waals surface area contributed by atoms with Crippen LogP contribution in [0.3, 0.4) is 0 Å². The van der Waals surface area contributed by atoms with E-state index in [0.717, 1.165) is 5.92 Å². The van der Waals surface area contributed by atoms with Crippen molar-refractivity contribution in [3.05, 3.63) is 0 Å². The molecule has 0 bridgehead atoms. The summed E-state index contributed by atoms with van der Waals surface area (Å²) in [5.74, 6) is 0.817. The van der Waals surface area contributed by atoms with E-state index in [-0.39, 0.29) is 5.04 Å². The molecule has 0 amide bonds. The lowest BCUT2D eigenvalue weighted by atomic mass is 9.93. The first kappa shape index (κ1) is 29.2. The standard InChI is InChI=1S/C27H58OSi/c1-7-8-9-10-11-12-13-14-15-16-17-18-19-20-21-22-23-26(2)24-25-27(3,4)29(5,6)28/h26,28H,7-25H2,1-6H3. The van der Waals surface area contributed by atoms with Gasteiger partial charge in [0.25, 0.3) is 0 Å². The number of hydrogen-bond donors (Lipinski definition) is 1. The second kappa shape index (κ2) is 17.8. The van der Waals surface area contributed by atoms with Gasteiger partial charge in [-0.15, -0.1) is 0 Å². The third-order valence-electron chi connectivity index (χ3n) is 7.47. The highest BCUT2D eigenvalue weighted by atomic mass is 28.4. The summed E-state index contributed by atoms with van der Waals surface area (Å²) in [5, 5.41) is 0.149. The topological polar surface area (TPSA) is 20.2 Å². The SMILES string of the molecule is CCCCCCCCCCCCCCCCCCC(C)CCC(C)(C)[Si](C)(C)O. The van der Waals surface area contributed by atoms with E-state index in [1.54, 1.807) is 0 Å². The van der Waals surface area contributed by atoms with Crippen LogP contribution in [0.1, 0.15) is 150 Å². The van der Waals surface area contributed by atoms with Gasteiger partial charge in [-0.3, -0.25) is 0 Å². The Bertz CT molecular complexity index is 345. The van der Waals surface area contributed by atoms with Crippen molar-refractivity contribution >= 4 is 8.32 Å². The summed E-state index contributed by atoms with van der Waals surface area (Å²) in [7, 11) is -2.03. The summed E-state index contributed by atoms with van der Waals surface area (Å²) in [6.07, 6.45) is 27.0. The van der Waals surface area contributed by atoms with Crippen LogP contribution in [0.15, 0.2) is 0 Å². The number of rotatable bonds is 21. The fourth-order valence-electron chi connectivity index (χ4n) is 4.10. The molecule has 0 aromatic rings. The van der Waals surface area contributed by atoms with E-state index in [0.29, 0.717) is 0 Å². The predicted octanol–water partition coefficient (Wildman–Crippen LogP) is 10.0. The van der Waals surface area contributed by atoms with Crippen molar-refractivity contribution < 1.29 is 4.80 Å². The molecule has 1 unspecified atom stereocenters. The molecule has 29 heavy (non-hydrogen) atoms. The highest BCUT2D eigenvalue weighted by Gasteiger charge is 2.37. The molecule has 0 aliphatic heterocycles.